The average molecular weight is 250 g/mol. The third-order valence-corrected chi connectivity index (χ3v) is 3.34. The summed E-state index contributed by atoms with van der Waals surface area (Å²) in [5.74, 6) is 3.44. The fourth-order valence-electron chi connectivity index (χ4n) is 2.34. The van der Waals surface area contributed by atoms with Crippen LogP contribution in [0.4, 0.5) is 11.6 Å². The summed E-state index contributed by atoms with van der Waals surface area (Å²) in [7, 11) is 3.66. The van der Waals surface area contributed by atoms with Gasteiger partial charge in [-0.05, 0) is 6.42 Å². The second-order valence-electron chi connectivity index (χ2n) is 4.69. The Labute approximate surface area is 109 Å². The van der Waals surface area contributed by atoms with E-state index in [1.54, 1.807) is 7.11 Å². The topological polar surface area (TPSA) is 50.3 Å². The Kier molecular flexibility index (Phi) is 4.36. The van der Waals surface area contributed by atoms with Crippen LogP contribution in [0.15, 0.2) is 6.07 Å². The molecule has 2 rings (SSSR count). The molecule has 1 aliphatic rings. The van der Waals surface area contributed by atoms with Crippen LogP contribution in [0, 0.1) is 5.92 Å². The zero-order valence-electron chi connectivity index (χ0n) is 11.4. The Balaban J connectivity index is 2.13. The smallest absolute Gasteiger partial charge is 0.134 e. The van der Waals surface area contributed by atoms with E-state index in [2.05, 4.69) is 27.1 Å². The van der Waals surface area contributed by atoms with Crippen LogP contribution >= 0.6 is 0 Å². The van der Waals surface area contributed by atoms with Gasteiger partial charge in [0.05, 0.1) is 6.61 Å². The molecular weight excluding hydrogens is 228 g/mol. The van der Waals surface area contributed by atoms with Crippen molar-refractivity contribution in [2.24, 2.45) is 5.92 Å². The van der Waals surface area contributed by atoms with Gasteiger partial charge in [-0.2, -0.15) is 0 Å². The normalized spacial score (nSPS) is 19.3. The second kappa shape index (κ2) is 6.00. The first kappa shape index (κ1) is 13.1. The molecule has 0 aliphatic carbocycles. The number of methoxy groups -OCH3 is 1. The summed E-state index contributed by atoms with van der Waals surface area (Å²) >= 11 is 0. The first-order chi connectivity index (χ1) is 8.76. The minimum Gasteiger partial charge on any atom is -0.384 e. The Morgan fingerprint density at radius 3 is 3.00 bits per heavy atom. The third-order valence-electron chi connectivity index (χ3n) is 3.34. The van der Waals surface area contributed by atoms with Gasteiger partial charge >= 0.3 is 0 Å². The molecule has 5 nitrogen and oxygen atoms in total. The van der Waals surface area contributed by atoms with E-state index in [1.165, 1.54) is 6.42 Å². The molecule has 2 heterocycles. The van der Waals surface area contributed by atoms with E-state index in [0.29, 0.717) is 5.92 Å². The minimum absolute atomic E-state index is 0.619. The van der Waals surface area contributed by atoms with E-state index >= 15 is 0 Å². The van der Waals surface area contributed by atoms with Crippen LogP contribution in [-0.4, -0.2) is 43.8 Å². The molecule has 1 fully saturated rings. The van der Waals surface area contributed by atoms with Gasteiger partial charge in [-0.15, -0.1) is 0 Å². The zero-order chi connectivity index (χ0) is 13.0. The number of nitrogens with one attached hydrogen (secondary N) is 1. The largest absolute Gasteiger partial charge is 0.384 e. The highest BCUT2D eigenvalue weighted by molar-refractivity contribution is 5.49. The van der Waals surface area contributed by atoms with E-state index < -0.39 is 0 Å². The third kappa shape index (κ3) is 2.90. The Hall–Kier alpha value is -1.36. The Morgan fingerprint density at radius 2 is 2.33 bits per heavy atom. The van der Waals surface area contributed by atoms with Gasteiger partial charge in [0, 0.05) is 45.7 Å². The molecule has 1 unspecified atom stereocenters. The van der Waals surface area contributed by atoms with Gasteiger partial charge in [0.1, 0.15) is 17.5 Å². The van der Waals surface area contributed by atoms with Gasteiger partial charge in [-0.25, -0.2) is 9.97 Å². The molecule has 0 radical (unpaired) electrons. The van der Waals surface area contributed by atoms with E-state index in [0.717, 1.165) is 43.6 Å². The molecular formula is C13H22N4O. The highest BCUT2D eigenvalue weighted by Gasteiger charge is 2.23. The van der Waals surface area contributed by atoms with Crippen molar-refractivity contribution in [3.63, 3.8) is 0 Å². The van der Waals surface area contributed by atoms with Gasteiger partial charge in [-0.3, -0.25) is 0 Å². The summed E-state index contributed by atoms with van der Waals surface area (Å²) in [5, 5.41) is 3.10. The molecule has 100 valence electrons. The SMILES string of the molecule is CCc1nc(NC)cc(N2CCC(COC)C2)n1. The van der Waals surface area contributed by atoms with Crippen molar-refractivity contribution in [1.29, 1.82) is 0 Å². The van der Waals surface area contributed by atoms with Gasteiger partial charge in [0.15, 0.2) is 0 Å². The van der Waals surface area contributed by atoms with Crippen molar-refractivity contribution in [1.82, 2.24) is 9.97 Å². The van der Waals surface area contributed by atoms with Crippen LogP contribution < -0.4 is 10.2 Å². The molecule has 0 spiro atoms. The quantitative estimate of drug-likeness (QED) is 0.859. The maximum absolute atomic E-state index is 5.23. The molecule has 1 aliphatic heterocycles. The maximum Gasteiger partial charge on any atom is 0.134 e. The predicted molar refractivity (Wildman–Crippen MR) is 73.2 cm³/mol. The second-order valence-corrected chi connectivity index (χ2v) is 4.69. The molecule has 1 atom stereocenters. The fraction of sp³-hybridized carbons (Fsp3) is 0.692. The van der Waals surface area contributed by atoms with E-state index in [-0.39, 0.29) is 0 Å². The van der Waals surface area contributed by atoms with Gasteiger partial charge in [0.2, 0.25) is 0 Å². The number of ether oxygens (including phenoxy) is 1. The van der Waals surface area contributed by atoms with Gasteiger partial charge in [-0.1, -0.05) is 6.92 Å². The summed E-state index contributed by atoms with van der Waals surface area (Å²) < 4.78 is 5.23. The van der Waals surface area contributed by atoms with Crippen LogP contribution in [0.25, 0.3) is 0 Å². The van der Waals surface area contributed by atoms with Crippen LogP contribution in [-0.2, 0) is 11.2 Å². The zero-order valence-corrected chi connectivity index (χ0v) is 11.4. The van der Waals surface area contributed by atoms with Crippen LogP contribution in [0.1, 0.15) is 19.2 Å². The van der Waals surface area contributed by atoms with Crippen molar-refractivity contribution >= 4 is 11.6 Å². The number of aromatic nitrogens is 2. The fourth-order valence-corrected chi connectivity index (χ4v) is 2.34. The monoisotopic (exact) mass is 250 g/mol. The molecule has 5 heteroatoms. The van der Waals surface area contributed by atoms with Crippen molar-refractivity contribution in [2.75, 3.05) is 44.1 Å². The molecule has 0 saturated carbocycles. The predicted octanol–water partition coefficient (Wildman–Crippen LogP) is 1.55. The molecule has 1 saturated heterocycles. The highest BCUT2D eigenvalue weighted by atomic mass is 16.5. The average Bonchev–Trinajstić information content (AvgIpc) is 2.87. The molecule has 0 amide bonds. The number of hydrogen-bond donors (Lipinski definition) is 1. The van der Waals surface area contributed by atoms with Crippen molar-refractivity contribution in [3.8, 4) is 0 Å². The lowest BCUT2D eigenvalue weighted by Gasteiger charge is -2.18. The van der Waals surface area contributed by atoms with Crippen molar-refractivity contribution in [2.45, 2.75) is 19.8 Å². The summed E-state index contributed by atoms with van der Waals surface area (Å²) in [6.07, 6.45) is 2.03. The molecule has 1 aromatic rings. The van der Waals surface area contributed by atoms with Crippen LogP contribution in [0.2, 0.25) is 0 Å². The summed E-state index contributed by atoms with van der Waals surface area (Å²) in [6, 6.07) is 2.02. The first-order valence-corrected chi connectivity index (χ1v) is 6.56. The number of rotatable bonds is 5. The van der Waals surface area contributed by atoms with Gasteiger partial charge in [0.25, 0.3) is 0 Å². The lowest BCUT2D eigenvalue weighted by Crippen LogP contribution is -2.22. The summed E-state index contributed by atoms with van der Waals surface area (Å²) in [5.41, 5.74) is 0. The lowest BCUT2D eigenvalue weighted by molar-refractivity contribution is 0.161. The number of nitrogens with zero attached hydrogens (tertiary/aromatic N) is 3. The lowest BCUT2D eigenvalue weighted by atomic mass is 10.1. The molecule has 0 bridgehead atoms. The maximum atomic E-state index is 5.23. The number of aryl methyl sites for hydroxylation is 1. The van der Waals surface area contributed by atoms with Crippen molar-refractivity contribution in [3.05, 3.63) is 11.9 Å². The number of anilines is 2. The Bertz CT molecular complexity index is 374. The van der Waals surface area contributed by atoms with E-state index in [9.17, 15) is 0 Å². The summed E-state index contributed by atoms with van der Waals surface area (Å²) in [6.45, 7) is 4.99. The number of hydrogen-bond acceptors (Lipinski definition) is 5. The van der Waals surface area contributed by atoms with Crippen LogP contribution in [0.5, 0.6) is 0 Å². The first-order valence-electron chi connectivity index (χ1n) is 6.56. The molecule has 0 aromatic carbocycles. The van der Waals surface area contributed by atoms with Crippen LogP contribution in [0.3, 0.4) is 0 Å². The van der Waals surface area contributed by atoms with Gasteiger partial charge < -0.3 is 15.0 Å². The Morgan fingerprint density at radius 1 is 1.50 bits per heavy atom. The molecule has 1 N–H and O–H groups in total. The molecule has 18 heavy (non-hydrogen) atoms. The standard InChI is InChI=1S/C13H22N4O/c1-4-11-15-12(14-2)7-13(16-11)17-6-5-10(8-17)9-18-3/h7,10H,4-6,8-9H2,1-3H3,(H,14,15,16). The summed E-state index contributed by atoms with van der Waals surface area (Å²) in [4.78, 5) is 11.4. The molecule has 1 aromatic heterocycles. The minimum atomic E-state index is 0.619. The van der Waals surface area contributed by atoms with E-state index in [1.807, 2.05) is 13.1 Å². The highest BCUT2D eigenvalue weighted by Crippen LogP contribution is 2.24. The van der Waals surface area contributed by atoms with Crippen molar-refractivity contribution < 1.29 is 4.74 Å². The van der Waals surface area contributed by atoms with E-state index in [4.69, 9.17) is 4.74 Å².